The van der Waals surface area contributed by atoms with Gasteiger partial charge in [-0.25, -0.2) is 0 Å². The third-order valence-electron chi connectivity index (χ3n) is 4.30. The number of nitrogens with zero attached hydrogens (tertiary/aromatic N) is 2. The summed E-state index contributed by atoms with van der Waals surface area (Å²) in [5.74, 6) is 0.564. The SMILES string of the molecule is CN1CCC[C@H](c2ccc(-c3ccc(CO)cc3)cn2)C1. The molecule has 2 heterocycles. The van der Waals surface area contributed by atoms with Crippen LogP contribution < -0.4 is 0 Å². The van der Waals surface area contributed by atoms with E-state index in [1.165, 1.54) is 25.1 Å². The summed E-state index contributed by atoms with van der Waals surface area (Å²) in [7, 11) is 2.18. The van der Waals surface area contributed by atoms with Crippen LogP contribution in [-0.2, 0) is 6.61 Å². The van der Waals surface area contributed by atoms with Gasteiger partial charge in [0.15, 0.2) is 0 Å². The van der Waals surface area contributed by atoms with E-state index in [-0.39, 0.29) is 6.61 Å². The summed E-state index contributed by atoms with van der Waals surface area (Å²) in [5, 5.41) is 9.08. The summed E-state index contributed by atoms with van der Waals surface area (Å²) in [6.07, 6.45) is 4.47. The average molecular weight is 282 g/mol. The van der Waals surface area contributed by atoms with Gasteiger partial charge in [0.2, 0.25) is 0 Å². The molecule has 1 aromatic carbocycles. The van der Waals surface area contributed by atoms with Gasteiger partial charge < -0.3 is 10.0 Å². The molecule has 3 nitrogen and oxygen atoms in total. The quantitative estimate of drug-likeness (QED) is 0.940. The van der Waals surface area contributed by atoms with Crippen molar-refractivity contribution in [1.29, 1.82) is 0 Å². The molecule has 110 valence electrons. The molecule has 0 radical (unpaired) electrons. The lowest BCUT2D eigenvalue weighted by atomic mass is 9.94. The number of likely N-dealkylation sites (N-methyl/N-ethyl adjacent to an activating group) is 1. The molecule has 0 unspecified atom stereocenters. The second kappa shape index (κ2) is 6.37. The summed E-state index contributed by atoms with van der Waals surface area (Å²) in [4.78, 5) is 7.07. The molecule has 0 amide bonds. The van der Waals surface area contributed by atoms with Gasteiger partial charge in [-0.3, -0.25) is 4.98 Å². The normalized spacial score (nSPS) is 19.6. The van der Waals surface area contributed by atoms with Gasteiger partial charge in [0.25, 0.3) is 0 Å². The minimum atomic E-state index is 0.0899. The lowest BCUT2D eigenvalue weighted by Crippen LogP contribution is -2.31. The van der Waals surface area contributed by atoms with Crippen molar-refractivity contribution < 1.29 is 5.11 Å². The van der Waals surface area contributed by atoms with E-state index >= 15 is 0 Å². The Morgan fingerprint density at radius 3 is 2.52 bits per heavy atom. The molecule has 1 N–H and O–H groups in total. The first-order valence-corrected chi connectivity index (χ1v) is 7.61. The number of benzene rings is 1. The van der Waals surface area contributed by atoms with Crippen LogP contribution >= 0.6 is 0 Å². The molecule has 1 fully saturated rings. The van der Waals surface area contributed by atoms with Gasteiger partial charge in [-0.05, 0) is 43.6 Å². The van der Waals surface area contributed by atoms with Crippen molar-refractivity contribution >= 4 is 0 Å². The molecule has 1 atom stereocenters. The molecule has 0 spiro atoms. The second-order valence-electron chi connectivity index (χ2n) is 5.93. The van der Waals surface area contributed by atoms with E-state index in [9.17, 15) is 0 Å². The van der Waals surface area contributed by atoms with Crippen LogP contribution in [0.3, 0.4) is 0 Å². The molecular weight excluding hydrogens is 260 g/mol. The van der Waals surface area contributed by atoms with Gasteiger partial charge in [0, 0.05) is 29.9 Å². The van der Waals surface area contributed by atoms with Crippen LogP contribution in [0.1, 0.15) is 30.0 Å². The molecule has 1 aromatic heterocycles. The van der Waals surface area contributed by atoms with Crippen LogP contribution in [0, 0.1) is 0 Å². The van der Waals surface area contributed by atoms with Crippen molar-refractivity contribution in [2.45, 2.75) is 25.4 Å². The summed E-state index contributed by atoms with van der Waals surface area (Å²) >= 11 is 0. The third kappa shape index (κ3) is 3.31. The van der Waals surface area contributed by atoms with E-state index in [2.05, 4.69) is 29.1 Å². The van der Waals surface area contributed by atoms with E-state index in [1.54, 1.807) is 0 Å². The molecular formula is C18H22N2O. The largest absolute Gasteiger partial charge is 0.392 e. The zero-order valence-corrected chi connectivity index (χ0v) is 12.5. The molecule has 21 heavy (non-hydrogen) atoms. The molecule has 1 aliphatic rings. The van der Waals surface area contributed by atoms with E-state index in [0.717, 1.165) is 23.2 Å². The van der Waals surface area contributed by atoms with E-state index in [1.807, 2.05) is 30.5 Å². The number of hydrogen-bond acceptors (Lipinski definition) is 3. The van der Waals surface area contributed by atoms with Crippen molar-refractivity contribution in [2.75, 3.05) is 20.1 Å². The number of aliphatic hydroxyl groups excluding tert-OH is 1. The molecule has 0 saturated carbocycles. The lowest BCUT2D eigenvalue weighted by molar-refractivity contribution is 0.248. The van der Waals surface area contributed by atoms with E-state index < -0.39 is 0 Å². The molecule has 3 heteroatoms. The van der Waals surface area contributed by atoms with Gasteiger partial charge in [0.1, 0.15) is 0 Å². The molecule has 1 saturated heterocycles. The van der Waals surface area contributed by atoms with Crippen LogP contribution in [0.4, 0.5) is 0 Å². The predicted octanol–water partition coefficient (Wildman–Crippen LogP) is 3.05. The third-order valence-corrected chi connectivity index (χ3v) is 4.30. The fourth-order valence-electron chi connectivity index (χ4n) is 3.03. The maximum absolute atomic E-state index is 9.08. The molecule has 0 bridgehead atoms. The Hall–Kier alpha value is -1.71. The smallest absolute Gasteiger partial charge is 0.0681 e. The number of aromatic nitrogens is 1. The van der Waals surface area contributed by atoms with Crippen LogP contribution in [-0.4, -0.2) is 35.1 Å². The fraction of sp³-hybridized carbons (Fsp3) is 0.389. The number of hydrogen-bond donors (Lipinski definition) is 1. The van der Waals surface area contributed by atoms with Gasteiger partial charge >= 0.3 is 0 Å². The Morgan fingerprint density at radius 2 is 1.90 bits per heavy atom. The highest BCUT2D eigenvalue weighted by Gasteiger charge is 2.19. The second-order valence-corrected chi connectivity index (χ2v) is 5.93. The van der Waals surface area contributed by atoms with E-state index in [4.69, 9.17) is 5.11 Å². The highest BCUT2D eigenvalue weighted by atomic mass is 16.3. The summed E-state index contributed by atoms with van der Waals surface area (Å²) < 4.78 is 0. The van der Waals surface area contributed by atoms with Crippen LogP contribution in [0.25, 0.3) is 11.1 Å². The average Bonchev–Trinajstić information content (AvgIpc) is 2.55. The first-order chi connectivity index (χ1) is 10.3. The molecule has 1 aliphatic heterocycles. The van der Waals surface area contributed by atoms with Crippen LogP contribution in [0.5, 0.6) is 0 Å². The number of pyridine rings is 1. The van der Waals surface area contributed by atoms with Gasteiger partial charge in [-0.1, -0.05) is 30.3 Å². The van der Waals surface area contributed by atoms with Crippen molar-refractivity contribution in [3.63, 3.8) is 0 Å². The van der Waals surface area contributed by atoms with E-state index in [0.29, 0.717) is 5.92 Å². The number of rotatable bonds is 3. The van der Waals surface area contributed by atoms with Crippen molar-refractivity contribution in [3.8, 4) is 11.1 Å². The summed E-state index contributed by atoms with van der Waals surface area (Å²) in [5.41, 5.74) is 4.42. The Labute approximate surface area is 126 Å². The number of aliphatic hydroxyl groups is 1. The van der Waals surface area contributed by atoms with Crippen LogP contribution in [0.15, 0.2) is 42.6 Å². The Morgan fingerprint density at radius 1 is 1.14 bits per heavy atom. The first-order valence-electron chi connectivity index (χ1n) is 7.61. The lowest BCUT2D eigenvalue weighted by Gasteiger charge is -2.29. The zero-order valence-electron chi connectivity index (χ0n) is 12.5. The van der Waals surface area contributed by atoms with Gasteiger partial charge in [-0.2, -0.15) is 0 Å². The molecule has 2 aromatic rings. The maximum Gasteiger partial charge on any atom is 0.0681 e. The Balaban J connectivity index is 1.76. The van der Waals surface area contributed by atoms with Gasteiger partial charge in [-0.15, -0.1) is 0 Å². The Bertz CT molecular complexity index is 577. The fourth-order valence-corrected chi connectivity index (χ4v) is 3.03. The highest BCUT2D eigenvalue weighted by molar-refractivity contribution is 5.62. The number of likely N-dealkylation sites (tertiary alicyclic amines) is 1. The van der Waals surface area contributed by atoms with Crippen molar-refractivity contribution in [1.82, 2.24) is 9.88 Å². The maximum atomic E-state index is 9.08. The highest BCUT2D eigenvalue weighted by Crippen LogP contribution is 2.26. The zero-order chi connectivity index (χ0) is 14.7. The predicted molar refractivity (Wildman–Crippen MR) is 85.1 cm³/mol. The first kappa shape index (κ1) is 14.2. The minimum absolute atomic E-state index is 0.0899. The Kier molecular flexibility index (Phi) is 4.32. The molecule has 0 aliphatic carbocycles. The topological polar surface area (TPSA) is 36.4 Å². The molecule has 3 rings (SSSR count). The van der Waals surface area contributed by atoms with Crippen LogP contribution in [0.2, 0.25) is 0 Å². The monoisotopic (exact) mass is 282 g/mol. The number of piperidine rings is 1. The minimum Gasteiger partial charge on any atom is -0.392 e. The van der Waals surface area contributed by atoms with Gasteiger partial charge in [0.05, 0.1) is 6.61 Å². The summed E-state index contributed by atoms with van der Waals surface area (Å²) in [6, 6.07) is 12.3. The van der Waals surface area contributed by atoms with Crippen molar-refractivity contribution in [2.24, 2.45) is 0 Å². The standard InChI is InChI=1S/C18H22N2O/c1-20-10-2-3-17(12-20)18-9-8-16(11-19-18)15-6-4-14(13-21)5-7-15/h4-9,11,17,21H,2-3,10,12-13H2,1H3/t17-/m0/s1. The summed E-state index contributed by atoms with van der Waals surface area (Å²) in [6.45, 7) is 2.40. The van der Waals surface area contributed by atoms with Crippen molar-refractivity contribution in [3.05, 3.63) is 53.9 Å².